The van der Waals surface area contributed by atoms with E-state index in [0.717, 1.165) is 6.42 Å². The molecule has 0 spiro atoms. The highest BCUT2D eigenvalue weighted by atomic mass is 16.4. The van der Waals surface area contributed by atoms with Crippen LogP contribution in [0.25, 0.3) is 0 Å². The van der Waals surface area contributed by atoms with Crippen LogP contribution < -0.4 is 16.0 Å². The van der Waals surface area contributed by atoms with Crippen LogP contribution in [0.2, 0.25) is 0 Å². The molecule has 0 aliphatic rings. The normalized spacial score (nSPS) is 12.0. The summed E-state index contributed by atoms with van der Waals surface area (Å²) in [6, 6.07) is -1.40. The van der Waals surface area contributed by atoms with Gasteiger partial charge in [0.2, 0.25) is 5.91 Å². The fraction of sp³-hybridized carbons (Fsp3) is 0.727. The lowest BCUT2D eigenvalue weighted by Gasteiger charge is -2.10. The number of hydrogen-bond donors (Lipinski definition) is 4. The Hall–Kier alpha value is -1.63. The molecule has 7 heteroatoms. The summed E-state index contributed by atoms with van der Waals surface area (Å²) in [7, 11) is 0. The Balaban J connectivity index is 3.74. The predicted molar refractivity (Wildman–Crippen MR) is 66.1 cm³/mol. The van der Waals surface area contributed by atoms with Gasteiger partial charge in [-0.3, -0.25) is 20.2 Å². The smallest absolute Gasteiger partial charge is 0.321 e. The highest BCUT2D eigenvalue weighted by Crippen LogP contribution is 1.95. The van der Waals surface area contributed by atoms with Crippen molar-refractivity contribution in [3.05, 3.63) is 0 Å². The van der Waals surface area contributed by atoms with Crippen LogP contribution in [0.1, 0.15) is 27.2 Å². The number of hydrogen-bond acceptors (Lipinski definition) is 4. The summed E-state index contributed by atoms with van der Waals surface area (Å²) in [5, 5.41) is 15.7. The van der Waals surface area contributed by atoms with Gasteiger partial charge < -0.3 is 10.4 Å². The quantitative estimate of drug-likeness (QED) is 0.511. The first-order valence-corrected chi connectivity index (χ1v) is 5.86. The second-order valence-electron chi connectivity index (χ2n) is 4.43. The highest BCUT2D eigenvalue weighted by Gasteiger charge is 2.13. The molecular formula is C11H21N3O4. The summed E-state index contributed by atoms with van der Waals surface area (Å²) in [4.78, 5) is 32.9. The maximum absolute atomic E-state index is 11.3. The summed E-state index contributed by atoms with van der Waals surface area (Å²) in [5.74, 6) is -1.14. The zero-order valence-corrected chi connectivity index (χ0v) is 10.9. The Morgan fingerprint density at radius 3 is 2.28 bits per heavy atom. The van der Waals surface area contributed by atoms with Crippen molar-refractivity contribution in [2.75, 3.05) is 13.1 Å². The first-order valence-electron chi connectivity index (χ1n) is 5.86. The molecule has 0 aromatic carbocycles. The second kappa shape index (κ2) is 8.46. The number of carboxylic acids is 1. The SMILES string of the molecule is CC(C)CCNC(=O)NC(=O)CNC(C)C(=O)O. The van der Waals surface area contributed by atoms with Gasteiger partial charge in [-0.25, -0.2) is 4.79 Å². The minimum absolute atomic E-state index is 0.217. The van der Waals surface area contributed by atoms with E-state index in [4.69, 9.17) is 5.11 Å². The van der Waals surface area contributed by atoms with Crippen molar-refractivity contribution in [2.24, 2.45) is 5.92 Å². The number of urea groups is 1. The molecule has 0 aliphatic carbocycles. The predicted octanol–water partition coefficient (Wildman–Crippen LogP) is -0.0790. The number of carbonyl (C=O) groups excluding carboxylic acids is 2. The number of carbonyl (C=O) groups is 3. The third kappa shape index (κ3) is 8.51. The molecule has 18 heavy (non-hydrogen) atoms. The minimum Gasteiger partial charge on any atom is -0.480 e. The maximum Gasteiger partial charge on any atom is 0.321 e. The minimum atomic E-state index is -1.05. The average Bonchev–Trinajstić information content (AvgIpc) is 2.24. The van der Waals surface area contributed by atoms with Crippen LogP contribution in [0.5, 0.6) is 0 Å². The van der Waals surface area contributed by atoms with Crippen molar-refractivity contribution in [1.82, 2.24) is 16.0 Å². The third-order valence-electron chi connectivity index (χ3n) is 2.20. The van der Waals surface area contributed by atoms with E-state index < -0.39 is 23.9 Å². The largest absolute Gasteiger partial charge is 0.480 e. The van der Waals surface area contributed by atoms with Crippen molar-refractivity contribution in [1.29, 1.82) is 0 Å². The molecule has 1 unspecified atom stereocenters. The number of aliphatic carboxylic acids is 1. The second-order valence-corrected chi connectivity index (χ2v) is 4.43. The molecule has 0 rings (SSSR count). The monoisotopic (exact) mass is 259 g/mol. The van der Waals surface area contributed by atoms with Gasteiger partial charge in [-0.05, 0) is 19.3 Å². The molecule has 0 aromatic heterocycles. The van der Waals surface area contributed by atoms with E-state index >= 15 is 0 Å². The van der Waals surface area contributed by atoms with Crippen molar-refractivity contribution < 1.29 is 19.5 Å². The van der Waals surface area contributed by atoms with Gasteiger partial charge in [-0.15, -0.1) is 0 Å². The zero-order chi connectivity index (χ0) is 14.1. The Labute approximate surface area is 106 Å². The number of carboxylic acid groups (broad SMARTS) is 1. The third-order valence-corrected chi connectivity index (χ3v) is 2.20. The van der Waals surface area contributed by atoms with Gasteiger partial charge in [0.25, 0.3) is 0 Å². The molecule has 0 saturated carbocycles. The van der Waals surface area contributed by atoms with E-state index in [2.05, 4.69) is 16.0 Å². The maximum atomic E-state index is 11.3. The first kappa shape index (κ1) is 16.4. The highest BCUT2D eigenvalue weighted by molar-refractivity contribution is 5.95. The summed E-state index contributed by atoms with van der Waals surface area (Å²) in [6.45, 7) is 5.75. The van der Waals surface area contributed by atoms with Crippen LogP contribution in [0.4, 0.5) is 4.79 Å². The van der Waals surface area contributed by atoms with Crippen LogP contribution in [-0.4, -0.2) is 42.1 Å². The van der Waals surface area contributed by atoms with Gasteiger partial charge in [0.15, 0.2) is 0 Å². The van der Waals surface area contributed by atoms with Gasteiger partial charge >= 0.3 is 12.0 Å². The molecule has 0 aliphatic heterocycles. The topological polar surface area (TPSA) is 108 Å². The Morgan fingerprint density at radius 1 is 1.17 bits per heavy atom. The van der Waals surface area contributed by atoms with Crippen LogP contribution in [0, 0.1) is 5.92 Å². The average molecular weight is 259 g/mol. The summed E-state index contributed by atoms with van der Waals surface area (Å²) >= 11 is 0. The van der Waals surface area contributed by atoms with E-state index in [1.807, 2.05) is 13.8 Å². The van der Waals surface area contributed by atoms with Crippen LogP contribution in [-0.2, 0) is 9.59 Å². The zero-order valence-electron chi connectivity index (χ0n) is 10.9. The summed E-state index contributed by atoms with van der Waals surface area (Å²) in [5.41, 5.74) is 0. The van der Waals surface area contributed by atoms with E-state index in [1.54, 1.807) is 0 Å². The van der Waals surface area contributed by atoms with Crippen molar-refractivity contribution in [3.8, 4) is 0 Å². The number of rotatable bonds is 7. The number of imide groups is 1. The Bertz CT molecular complexity index is 305. The Kier molecular flexibility index (Phi) is 7.69. The lowest BCUT2D eigenvalue weighted by molar-refractivity contribution is -0.139. The molecular weight excluding hydrogens is 238 g/mol. The van der Waals surface area contributed by atoms with Gasteiger partial charge in [-0.2, -0.15) is 0 Å². The van der Waals surface area contributed by atoms with Crippen LogP contribution in [0.3, 0.4) is 0 Å². The Morgan fingerprint density at radius 2 is 1.78 bits per heavy atom. The fourth-order valence-electron chi connectivity index (χ4n) is 1.02. The molecule has 104 valence electrons. The van der Waals surface area contributed by atoms with Gasteiger partial charge in [-0.1, -0.05) is 13.8 Å². The lowest BCUT2D eigenvalue weighted by atomic mass is 10.1. The van der Waals surface area contributed by atoms with E-state index in [1.165, 1.54) is 6.92 Å². The van der Waals surface area contributed by atoms with Crippen molar-refractivity contribution >= 4 is 17.9 Å². The lowest BCUT2D eigenvalue weighted by Crippen LogP contribution is -2.46. The fourth-order valence-corrected chi connectivity index (χ4v) is 1.02. The van der Waals surface area contributed by atoms with E-state index in [0.29, 0.717) is 12.5 Å². The van der Waals surface area contributed by atoms with Gasteiger partial charge in [0.05, 0.1) is 6.54 Å². The van der Waals surface area contributed by atoms with E-state index in [9.17, 15) is 14.4 Å². The molecule has 0 saturated heterocycles. The van der Waals surface area contributed by atoms with Crippen molar-refractivity contribution in [3.63, 3.8) is 0 Å². The van der Waals surface area contributed by atoms with Crippen molar-refractivity contribution in [2.45, 2.75) is 33.2 Å². The molecule has 0 radical (unpaired) electrons. The van der Waals surface area contributed by atoms with Crippen LogP contribution in [0.15, 0.2) is 0 Å². The molecule has 0 aromatic rings. The number of amides is 3. The van der Waals surface area contributed by atoms with E-state index in [-0.39, 0.29) is 6.54 Å². The molecule has 0 bridgehead atoms. The van der Waals surface area contributed by atoms with Gasteiger partial charge in [0, 0.05) is 6.54 Å². The summed E-state index contributed by atoms with van der Waals surface area (Å²) in [6.07, 6.45) is 0.829. The first-order chi connectivity index (χ1) is 8.32. The molecule has 3 amide bonds. The molecule has 0 heterocycles. The molecule has 4 N–H and O–H groups in total. The number of nitrogens with one attached hydrogen (secondary N) is 3. The standard InChI is InChI=1S/C11H21N3O4/c1-7(2)4-5-12-11(18)14-9(15)6-13-8(3)10(16)17/h7-8,13H,4-6H2,1-3H3,(H,16,17)(H2,12,14,15,18). The van der Waals surface area contributed by atoms with Gasteiger partial charge in [0.1, 0.15) is 6.04 Å². The van der Waals surface area contributed by atoms with Crippen LogP contribution >= 0.6 is 0 Å². The summed E-state index contributed by atoms with van der Waals surface area (Å²) < 4.78 is 0. The molecule has 7 nitrogen and oxygen atoms in total. The molecule has 1 atom stereocenters. The molecule has 0 fully saturated rings.